The van der Waals surface area contributed by atoms with E-state index in [1.54, 1.807) is 6.92 Å². The average molecular weight is 305 g/mol. The number of nitrogens with one attached hydrogen (secondary N) is 1. The van der Waals surface area contributed by atoms with Crippen molar-refractivity contribution in [3.8, 4) is 11.5 Å². The number of nitrogens with zero attached hydrogens (tertiary/aromatic N) is 1. The van der Waals surface area contributed by atoms with Crippen LogP contribution in [-0.2, 0) is 0 Å². The monoisotopic (exact) mass is 305 g/mol. The highest BCUT2D eigenvalue weighted by Crippen LogP contribution is 2.34. The Labute approximate surface area is 125 Å². The first-order valence-corrected chi connectivity index (χ1v) is 7.29. The van der Waals surface area contributed by atoms with E-state index < -0.39 is 0 Å². The standard InChI is InChI=1S/C14H15N3O3S/c1-7(9-3-4-10-11(5-9)20-6-19-10)16-13(18)12-8(2)17-14(15)21-12/h3-5,7H,6H2,1-2H3,(H2,15,17)(H,16,18). The molecular formula is C14H15N3O3S. The van der Waals surface area contributed by atoms with Gasteiger partial charge < -0.3 is 20.5 Å². The van der Waals surface area contributed by atoms with Crippen molar-refractivity contribution in [3.63, 3.8) is 0 Å². The van der Waals surface area contributed by atoms with E-state index in [-0.39, 0.29) is 18.7 Å². The van der Waals surface area contributed by atoms with Crippen molar-refractivity contribution in [1.82, 2.24) is 10.3 Å². The molecule has 0 fully saturated rings. The third-order valence-electron chi connectivity index (χ3n) is 3.26. The Morgan fingerprint density at radius 1 is 1.43 bits per heavy atom. The molecule has 2 aromatic rings. The summed E-state index contributed by atoms with van der Waals surface area (Å²) in [5.41, 5.74) is 7.21. The third kappa shape index (κ3) is 2.64. The molecular weight excluding hydrogens is 290 g/mol. The molecule has 1 aliphatic heterocycles. The van der Waals surface area contributed by atoms with Gasteiger partial charge in [-0.05, 0) is 31.5 Å². The maximum Gasteiger partial charge on any atom is 0.263 e. The molecule has 0 saturated heterocycles. The van der Waals surface area contributed by atoms with Gasteiger partial charge in [-0.2, -0.15) is 0 Å². The van der Waals surface area contributed by atoms with Crippen LogP contribution in [0.4, 0.5) is 5.13 Å². The lowest BCUT2D eigenvalue weighted by Crippen LogP contribution is -2.26. The van der Waals surface area contributed by atoms with Gasteiger partial charge in [0.2, 0.25) is 6.79 Å². The van der Waals surface area contributed by atoms with Gasteiger partial charge in [0, 0.05) is 0 Å². The van der Waals surface area contributed by atoms with E-state index >= 15 is 0 Å². The van der Waals surface area contributed by atoms with Gasteiger partial charge in [-0.15, -0.1) is 0 Å². The number of hydrogen-bond donors (Lipinski definition) is 2. The van der Waals surface area contributed by atoms with Gasteiger partial charge in [0.15, 0.2) is 16.6 Å². The van der Waals surface area contributed by atoms with Crippen LogP contribution in [0.5, 0.6) is 11.5 Å². The summed E-state index contributed by atoms with van der Waals surface area (Å²) < 4.78 is 10.6. The van der Waals surface area contributed by atoms with Crippen LogP contribution in [0.25, 0.3) is 0 Å². The van der Waals surface area contributed by atoms with Gasteiger partial charge in [0.05, 0.1) is 11.7 Å². The van der Waals surface area contributed by atoms with Crippen LogP contribution in [0.2, 0.25) is 0 Å². The summed E-state index contributed by atoms with van der Waals surface area (Å²) in [4.78, 5) is 16.8. The van der Waals surface area contributed by atoms with Crippen molar-refractivity contribution in [2.75, 3.05) is 12.5 Å². The molecule has 0 radical (unpaired) electrons. The third-order valence-corrected chi connectivity index (χ3v) is 4.25. The number of benzene rings is 1. The van der Waals surface area contributed by atoms with E-state index in [0.29, 0.717) is 21.5 Å². The maximum absolute atomic E-state index is 12.2. The van der Waals surface area contributed by atoms with Crippen LogP contribution in [-0.4, -0.2) is 17.7 Å². The van der Waals surface area contributed by atoms with Crippen molar-refractivity contribution in [2.45, 2.75) is 19.9 Å². The minimum Gasteiger partial charge on any atom is -0.454 e. The zero-order chi connectivity index (χ0) is 15.0. The predicted octanol–water partition coefficient (Wildman–Crippen LogP) is 2.25. The van der Waals surface area contributed by atoms with E-state index in [4.69, 9.17) is 15.2 Å². The van der Waals surface area contributed by atoms with Crippen molar-refractivity contribution in [1.29, 1.82) is 0 Å². The highest BCUT2D eigenvalue weighted by atomic mass is 32.1. The number of nitrogen functional groups attached to an aromatic ring is 1. The van der Waals surface area contributed by atoms with Gasteiger partial charge in [0.1, 0.15) is 4.88 Å². The molecule has 1 amide bonds. The number of carbonyl (C=O) groups is 1. The molecule has 3 rings (SSSR count). The highest BCUT2D eigenvalue weighted by molar-refractivity contribution is 7.17. The molecule has 7 heteroatoms. The smallest absolute Gasteiger partial charge is 0.263 e. The predicted molar refractivity (Wildman–Crippen MR) is 79.7 cm³/mol. The van der Waals surface area contributed by atoms with Gasteiger partial charge in [-0.1, -0.05) is 17.4 Å². The van der Waals surface area contributed by atoms with Crippen LogP contribution in [0, 0.1) is 6.92 Å². The van der Waals surface area contributed by atoms with E-state index in [0.717, 1.165) is 11.3 Å². The normalized spacial score (nSPS) is 14.0. The first kappa shape index (κ1) is 13.7. The van der Waals surface area contributed by atoms with Crippen LogP contribution in [0.1, 0.15) is 33.9 Å². The van der Waals surface area contributed by atoms with Crippen molar-refractivity contribution in [3.05, 3.63) is 34.3 Å². The highest BCUT2D eigenvalue weighted by Gasteiger charge is 2.19. The molecule has 2 heterocycles. The molecule has 1 aromatic carbocycles. The van der Waals surface area contributed by atoms with E-state index in [9.17, 15) is 4.79 Å². The molecule has 0 aliphatic carbocycles. The molecule has 1 aliphatic rings. The summed E-state index contributed by atoms with van der Waals surface area (Å²) in [6.45, 7) is 3.92. The number of anilines is 1. The number of amides is 1. The number of ether oxygens (including phenoxy) is 2. The number of thiazole rings is 1. The van der Waals surface area contributed by atoms with E-state index in [1.165, 1.54) is 11.3 Å². The van der Waals surface area contributed by atoms with Gasteiger partial charge in [-0.25, -0.2) is 4.98 Å². The Bertz CT molecular complexity index is 699. The number of hydrogen-bond acceptors (Lipinski definition) is 6. The van der Waals surface area contributed by atoms with Gasteiger partial charge >= 0.3 is 0 Å². The summed E-state index contributed by atoms with van der Waals surface area (Å²) in [6, 6.07) is 5.47. The molecule has 1 atom stereocenters. The quantitative estimate of drug-likeness (QED) is 0.908. The maximum atomic E-state index is 12.2. The second-order valence-corrected chi connectivity index (χ2v) is 5.81. The lowest BCUT2D eigenvalue weighted by molar-refractivity contribution is 0.0943. The molecule has 0 bridgehead atoms. The minimum absolute atomic E-state index is 0.158. The Hall–Kier alpha value is -2.28. The summed E-state index contributed by atoms with van der Waals surface area (Å²) in [5, 5.41) is 3.33. The SMILES string of the molecule is Cc1nc(N)sc1C(=O)NC(C)c1ccc2c(c1)OCO2. The molecule has 6 nitrogen and oxygen atoms in total. The number of carbonyl (C=O) groups excluding carboxylic acids is 1. The molecule has 0 saturated carbocycles. The van der Waals surface area contributed by atoms with E-state index in [1.807, 2.05) is 25.1 Å². The summed E-state index contributed by atoms with van der Waals surface area (Å²) >= 11 is 1.19. The minimum atomic E-state index is -0.174. The van der Waals surface area contributed by atoms with Crippen molar-refractivity contribution < 1.29 is 14.3 Å². The number of aromatic nitrogens is 1. The molecule has 21 heavy (non-hydrogen) atoms. The Kier molecular flexibility index (Phi) is 3.42. The zero-order valence-corrected chi connectivity index (χ0v) is 12.5. The second kappa shape index (κ2) is 5.25. The largest absolute Gasteiger partial charge is 0.454 e. The first-order valence-electron chi connectivity index (χ1n) is 6.48. The first-order chi connectivity index (χ1) is 10.0. The number of rotatable bonds is 3. The Morgan fingerprint density at radius 3 is 2.90 bits per heavy atom. The lowest BCUT2D eigenvalue weighted by atomic mass is 10.1. The van der Waals surface area contributed by atoms with Crippen LogP contribution < -0.4 is 20.5 Å². The fourth-order valence-corrected chi connectivity index (χ4v) is 2.89. The zero-order valence-electron chi connectivity index (χ0n) is 11.7. The molecule has 1 aromatic heterocycles. The average Bonchev–Trinajstić information content (AvgIpc) is 3.03. The fourth-order valence-electron chi connectivity index (χ4n) is 2.16. The molecule has 3 N–H and O–H groups in total. The van der Waals surface area contributed by atoms with Crippen LogP contribution >= 0.6 is 11.3 Å². The van der Waals surface area contributed by atoms with Crippen molar-refractivity contribution in [2.24, 2.45) is 0 Å². The van der Waals surface area contributed by atoms with Gasteiger partial charge in [0.25, 0.3) is 5.91 Å². The summed E-state index contributed by atoms with van der Waals surface area (Å²) in [6.07, 6.45) is 0. The second-order valence-electron chi connectivity index (χ2n) is 4.77. The fraction of sp³-hybridized carbons (Fsp3) is 0.286. The van der Waals surface area contributed by atoms with Gasteiger partial charge in [-0.3, -0.25) is 4.79 Å². The summed E-state index contributed by atoms with van der Waals surface area (Å²) in [5.74, 6) is 1.25. The number of aryl methyl sites for hydroxylation is 1. The van der Waals surface area contributed by atoms with Crippen LogP contribution in [0.3, 0.4) is 0 Å². The Morgan fingerprint density at radius 2 is 2.19 bits per heavy atom. The van der Waals surface area contributed by atoms with Crippen LogP contribution in [0.15, 0.2) is 18.2 Å². The lowest BCUT2D eigenvalue weighted by Gasteiger charge is -2.14. The van der Waals surface area contributed by atoms with E-state index in [2.05, 4.69) is 10.3 Å². The summed E-state index contributed by atoms with van der Waals surface area (Å²) in [7, 11) is 0. The number of nitrogens with two attached hydrogens (primary N) is 1. The molecule has 1 unspecified atom stereocenters. The van der Waals surface area contributed by atoms with Crippen molar-refractivity contribution >= 4 is 22.4 Å². The number of fused-ring (bicyclic) bond motifs is 1. The molecule has 110 valence electrons. The Balaban J connectivity index is 1.75. The molecule has 0 spiro atoms. The topological polar surface area (TPSA) is 86.5 Å².